The molecular weight excluding hydrogens is 370 g/mol. The average Bonchev–Trinajstić information content (AvgIpc) is 3.35. The van der Waals surface area contributed by atoms with Crippen LogP contribution in [0.2, 0.25) is 0 Å². The van der Waals surface area contributed by atoms with Crippen LogP contribution in [0.25, 0.3) is 26.9 Å². The van der Waals surface area contributed by atoms with Crippen molar-refractivity contribution in [1.82, 2.24) is 24.8 Å². The number of benzene rings is 2. The summed E-state index contributed by atoms with van der Waals surface area (Å²) >= 11 is 1.50. The Morgan fingerprint density at radius 3 is 2.50 bits per heavy atom. The molecule has 2 aromatic carbocycles. The lowest BCUT2D eigenvalue weighted by Crippen LogP contribution is -1.94. The highest BCUT2D eigenvalue weighted by atomic mass is 32.1. The fraction of sp³-hybridized carbons (Fsp3) is 0.0476. The van der Waals surface area contributed by atoms with Crippen LogP contribution in [0.4, 0.5) is 0 Å². The van der Waals surface area contributed by atoms with Gasteiger partial charge in [0.05, 0.1) is 0 Å². The van der Waals surface area contributed by atoms with Gasteiger partial charge in [0, 0.05) is 23.5 Å². The molecule has 28 heavy (non-hydrogen) atoms. The van der Waals surface area contributed by atoms with E-state index in [9.17, 15) is 0 Å². The maximum absolute atomic E-state index is 5.85. The Labute approximate surface area is 165 Å². The fourth-order valence-electron chi connectivity index (χ4n) is 2.84. The second-order valence-corrected chi connectivity index (χ2v) is 7.12. The van der Waals surface area contributed by atoms with Crippen LogP contribution in [0.3, 0.4) is 0 Å². The van der Waals surface area contributed by atoms with E-state index in [0.29, 0.717) is 12.4 Å². The summed E-state index contributed by atoms with van der Waals surface area (Å²) in [6, 6.07) is 21.9. The lowest BCUT2D eigenvalue weighted by molar-refractivity contribution is 0.306. The molecule has 0 aliphatic heterocycles. The third-order valence-corrected chi connectivity index (χ3v) is 5.21. The van der Waals surface area contributed by atoms with Gasteiger partial charge < -0.3 is 4.74 Å². The lowest BCUT2D eigenvalue weighted by atomic mass is 10.2. The van der Waals surface area contributed by atoms with Crippen molar-refractivity contribution in [3.63, 3.8) is 0 Å². The van der Waals surface area contributed by atoms with E-state index in [2.05, 4.69) is 20.3 Å². The molecule has 6 nitrogen and oxygen atoms in total. The Balaban J connectivity index is 1.37. The standard InChI is InChI=1S/C21H15N5OS/c1-2-5-15(6-3-1)14-27-18-10-8-16(9-11-18)20-25-26-19(23-24-21(26)28-20)17-7-4-12-22-13-17/h1-13H,14H2. The lowest BCUT2D eigenvalue weighted by Gasteiger charge is -2.06. The van der Waals surface area contributed by atoms with Gasteiger partial charge in [-0.05, 0) is 42.0 Å². The maximum atomic E-state index is 5.85. The van der Waals surface area contributed by atoms with Gasteiger partial charge in [-0.3, -0.25) is 4.98 Å². The van der Waals surface area contributed by atoms with Crippen LogP contribution < -0.4 is 4.74 Å². The highest BCUT2D eigenvalue weighted by Gasteiger charge is 2.14. The van der Waals surface area contributed by atoms with Crippen LogP contribution in [0.5, 0.6) is 5.75 Å². The van der Waals surface area contributed by atoms with Crippen molar-refractivity contribution in [1.29, 1.82) is 0 Å². The monoisotopic (exact) mass is 385 g/mol. The van der Waals surface area contributed by atoms with Gasteiger partial charge in [0.2, 0.25) is 4.96 Å². The van der Waals surface area contributed by atoms with Crippen LogP contribution in [0, 0.1) is 0 Å². The minimum Gasteiger partial charge on any atom is -0.489 e. The SMILES string of the molecule is c1ccc(COc2ccc(-c3nn4c(-c5cccnc5)nnc4s3)cc2)cc1. The number of fused-ring (bicyclic) bond motifs is 1. The van der Waals surface area contributed by atoms with Crippen LogP contribution in [0.15, 0.2) is 79.1 Å². The smallest absolute Gasteiger partial charge is 0.235 e. The van der Waals surface area contributed by atoms with E-state index in [1.54, 1.807) is 16.9 Å². The molecule has 0 atom stereocenters. The zero-order valence-corrected chi connectivity index (χ0v) is 15.6. The van der Waals surface area contributed by atoms with Crippen LogP contribution in [0.1, 0.15) is 5.56 Å². The molecule has 0 aliphatic carbocycles. The van der Waals surface area contributed by atoms with Gasteiger partial charge in [0.15, 0.2) is 5.82 Å². The Bertz CT molecular complexity index is 1200. The first kappa shape index (κ1) is 16.6. The van der Waals surface area contributed by atoms with Crippen molar-refractivity contribution in [3.05, 3.63) is 84.7 Å². The molecule has 0 radical (unpaired) electrons. The first-order valence-corrected chi connectivity index (χ1v) is 9.58. The van der Waals surface area contributed by atoms with Crippen molar-refractivity contribution in [2.75, 3.05) is 0 Å². The summed E-state index contributed by atoms with van der Waals surface area (Å²) < 4.78 is 7.61. The van der Waals surface area contributed by atoms with E-state index in [1.807, 2.05) is 66.7 Å². The van der Waals surface area contributed by atoms with Gasteiger partial charge >= 0.3 is 0 Å². The topological polar surface area (TPSA) is 65.2 Å². The van der Waals surface area contributed by atoms with E-state index in [0.717, 1.165) is 32.4 Å². The number of pyridine rings is 1. The van der Waals surface area contributed by atoms with E-state index in [1.165, 1.54) is 11.3 Å². The molecule has 0 saturated carbocycles. The van der Waals surface area contributed by atoms with Crippen molar-refractivity contribution in [2.45, 2.75) is 6.61 Å². The van der Waals surface area contributed by atoms with Crippen molar-refractivity contribution in [2.24, 2.45) is 0 Å². The molecule has 0 bridgehead atoms. The van der Waals surface area contributed by atoms with Crippen LogP contribution >= 0.6 is 11.3 Å². The van der Waals surface area contributed by atoms with E-state index >= 15 is 0 Å². The molecule has 0 spiro atoms. The van der Waals surface area contributed by atoms with Crippen molar-refractivity contribution in [3.8, 4) is 27.7 Å². The predicted octanol–water partition coefficient (Wildman–Crippen LogP) is 4.49. The van der Waals surface area contributed by atoms with Gasteiger partial charge in [-0.25, -0.2) is 0 Å². The van der Waals surface area contributed by atoms with Gasteiger partial charge in [0.1, 0.15) is 17.4 Å². The Morgan fingerprint density at radius 2 is 1.71 bits per heavy atom. The summed E-state index contributed by atoms with van der Waals surface area (Å²) in [5, 5.41) is 14.0. The first-order valence-electron chi connectivity index (χ1n) is 8.77. The predicted molar refractivity (Wildman–Crippen MR) is 108 cm³/mol. The molecule has 0 N–H and O–H groups in total. The Hall–Kier alpha value is -3.58. The van der Waals surface area contributed by atoms with Crippen LogP contribution in [-0.4, -0.2) is 24.8 Å². The highest BCUT2D eigenvalue weighted by molar-refractivity contribution is 7.19. The Morgan fingerprint density at radius 1 is 0.857 bits per heavy atom. The maximum Gasteiger partial charge on any atom is 0.235 e. The van der Waals surface area contributed by atoms with Crippen molar-refractivity contribution >= 4 is 16.3 Å². The zero-order valence-electron chi connectivity index (χ0n) is 14.8. The summed E-state index contributed by atoms with van der Waals surface area (Å²) in [6.45, 7) is 0.547. The van der Waals surface area contributed by atoms with Crippen molar-refractivity contribution < 1.29 is 4.74 Å². The molecular formula is C21H15N5OS. The molecule has 0 amide bonds. The summed E-state index contributed by atoms with van der Waals surface area (Å²) in [6.07, 6.45) is 3.49. The fourth-order valence-corrected chi connectivity index (χ4v) is 3.69. The summed E-state index contributed by atoms with van der Waals surface area (Å²) in [5.41, 5.74) is 3.04. The molecule has 5 rings (SSSR count). The molecule has 3 aromatic heterocycles. The highest BCUT2D eigenvalue weighted by Crippen LogP contribution is 2.29. The number of aromatic nitrogens is 5. The summed E-state index contributed by atoms with van der Waals surface area (Å²) in [4.78, 5) is 4.89. The van der Waals surface area contributed by atoms with E-state index in [-0.39, 0.29) is 0 Å². The molecule has 7 heteroatoms. The zero-order chi connectivity index (χ0) is 18.8. The minimum absolute atomic E-state index is 0.547. The second kappa shape index (κ2) is 7.21. The second-order valence-electron chi connectivity index (χ2n) is 6.17. The van der Waals surface area contributed by atoms with Gasteiger partial charge in [-0.15, -0.1) is 10.2 Å². The van der Waals surface area contributed by atoms with Gasteiger partial charge in [-0.1, -0.05) is 41.7 Å². The molecule has 3 heterocycles. The molecule has 136 valence electrons. The number of nitrogens with zero attached hydrogens (tertiary/aromatic N) is 5. The molecule has 0 saturated heterocycles. The number of hydrogen-bond acceptors (Lipinski definition) is 6. The number of rotatable bonds is 5. The third kappa shape index (κ3) is 3.23. The average molecular weight is 385 g/mol. The van der Waals surface area contributed by atoms with E-state index < -0.39 is 0 Å². The number of hydrogen-bond donors (Lipinski definition) is 0. The normalized spacial score (nSPS) is 11.0. The largest absolute Gasteiger partial charge is 0.489 e. The minimum atomic E-state index is 0.547. The van der Waals surface area contributed by atoms with Gasteiger partial charge in [-0.2, -0.15) is 9.61 Å². The van der Waals surface area contributed by atoms with Crippen LogP contribution in [-0.2, 0) is 6.61 Å². The van der Waals surface area contributed by atoms with E-state index in [4.69, 9.17) is 4.74 Å². The quantitative estimate of drug-likeness (QED) is 0.446. The molecule has 0 fully saturated rings. The summed E-state index contributed by atoms with van der Waals surface area (Å²) in [7, 11) is 0. The molecule has 5 aromatic rings. The molecule has 0 unspecified atom stereocenters. The number of ether oxygens (including phenoxy) is 1. The summed E-state index contributed by atoms with van der Waals surface area (Å²) in [5.74, 6) is 1.51. The third-order valence-electron chi connectivity index (χ3n) is 4.26. The Kier molecular flexibility index (Phi) is 4.27. The first-order chi connectivity index (χ1) is 13.9. The van der Waals surface area contributed by atoms with Gasteiger partial charge in [0.25, 0.3) is 0 Å². The molecule has 0 aliphatic rings.